The van der Waals surface area contributed by atoms with E-state index in [4.69, 9.17) is 0 Å². The summed E-state index contributed by atoms with van der Waals surface area (Å²) in [6.07, 6.45) is 6.17. The van der Waals surface area contributed by atoms with Crippen LogP contribution in [0.2, 0.25) is 0 Å². The second-order valence-electron chi connectivity index (χ2n) is 5.19. The van der Waals surface area contributed by atoms with E-state index in [9.17, 15) is 0 Å². The van der Waals surface area contributed by atoms with Gasteiger partial charge in [0.2, 0.25) is 0 Å². The van der Waals surface area contributed by atoms with Crippen molar-refractivity contribution in [2.75, 3.05) is 7.05 Å². The van der Waals surface area contributed by atoms with Crippen LogP contribution in [0.25, 0.3) is 0 Å². The van der Waals surface area contributed by atoms with Crippen molar-refractivity contribution >= 4 is 0 Å². The Morgan fingerprint density at radius 2 is 2.16 bits per heavy atom. The minimum atomic E-state index is 0.296. The zero-order valence-corrected chi connectivity index (χ0v) is 11.4. The van der Waals surface area contributed by atoms with Crippen LogP contribution < -0.4 is 5.32 Å². The van der Waals surface area contributed by atoms with Gasteiger partial charge in [-0.25, -0.2) is 0 Å². The highest BCUT2D eigenvalue weighted by Crippen LogP contribution is 2.39. The molecule has 0 spiro atoms. The van der Waals surface area contributed by atoms with Crippen LogP contribution in [-0.4, -0.2) is 17.0 Å². The molecule has 0 aromatic carbocycles. The molecule has 0 saturated heterocycles. The molecule has 0 aliphatic heterocycles. The molecule has 2 unspecified atom stereocenters. The zero-order chi connectivity index (χ0) is 13.2. The monoisotopic (exact) mass is 253 g/mol. The van der Waals surface area contributed by atoms with E-state index >= 15 is 0 Å². The first-order valence-electron chi connectivity index (χ1n) is 6.83. The van der Waals surface area contributed by atoms with Crippen molar-refractivity contribution in [3.05, 3.63) is 59.2 Å². The van der Waals surface area contributed by atoms with E-state index in [1.165, 1.54) is 16.8 Å². The number of fused-ring (bicyclic) bond motifs is 1. The Bertz CT molecular complexity index is 562. The Kier molecular flexibility index (Phi) is 3.30. The smallest absolute Gasteiger partial charge is 0.0485 e. The van der Waals surface area contributed by atoms with Crippen molar-refractivity contribution < 1.29 is 0 Å². The number of nitrogens with zero attached hydrogens (tertiary/aromatic N) is 2. The van der Waals surface area contributed by atoms with Crippen molar-refractivity contribution in [3.8, 4) is 0 Å². The topological polar surface area (TPSA) is 37.8 Å². The largest absolute Gasteiger partial charge is 0.312 e. The van der Waals surface area contributed by atoms with Crippen LogP contribution in [0, 0.1) is 6.92 Å². The average molecular weight is 253 g/mol. The van der Waals surface area contributed by atoms with Crippen molar-refractivity contribution in [1.82, 2.24) is 15.3 Å². The van der Waals surface area contributed by atoms with Gasteiger partial charge in [0.15, 0.2) is 0 Å². The third kappa shape index (κ3) is 2.26. The van der Waals surface area contributed by atoms with Gasteiger partial charge in [-0.05, 0) is 50.1 Å². The highest BCUT2D eigenvalue weighted by Gasteiger charge is 2.31. The van der Waals surface area contributed by atoms with Gasteiger partial charge < -0.3 is 5.32 Å². The van der Waals surface area contributed by atoms with Gasteiger partial charge >= 0.3 is 0 Å². The van der Waals surface area contributed by atoms with Crippen molar-refractivity contribution in [1.29, 1.82) is 0 Å². The first kappa shape index (κ1) is 12.3. The van der Waals surface area contributed by atoms with Gasteiger partial charge in [-0.3, -0.25) is 9.97 Å². The molecular weight excluding hydrogens is 234 g/mol. The van der Waals surface area contributed by atoms with E-state index in [0.717, 1.165) is 18.5 Å². The van der Waals surface area contributed by atoms with Crippen molar-refractivity contribution in [3.63, 3.8) is 0 Å². The summed E-state index contributed by atoms with van der Waals surface area (Å²) in [5, 5.41) is 3.44. The van der Waals surface area contributed by atoms with Crippen molar-refractivity contribution in [2.24, 2.45) is 0 Å². The number of hydrogen-bond acceptors (Lipinski definition) is 3. The van der Waals surface area contributed by atoms with Gasteiger partial charge in [-0.2, -0.15) is 0 Å². The van der Waals surface area contributed by atoms with Gasteiger partial charge in [0.1, 0.15) is 0 Å². The molecular formula is C16H19N3. The van der Waals surface area contributed by atoms with E-state index in [1.54, 1.807) is 0 Å². The summed E-state index contributed by atoms with van der Waals surface area (Å²) in [4.78, 5) is 9.01. The molecule has 1 N–H and O–H groups in total. The fourth-order valence-electron chi connectivity index (χ4n) is 3.03. The van der Waals surface area contributed by atoms with Crippen LogP contribution in [0.3, 0.4) is 0 Å². The van der Waals surface area contributed by atoms with E-state index in [0.29, 0.717) is 12.0 Å². The lowest BCUT2D eigenvalue weighted by atomic mass is 9.91. The Hall–Kier alpha value is -1.74. The van der Waals surface area contributed by atoms with E-state index < -0.39 is 0 Å². The quantitative estimate of drug-likeness (QED) is 0.914. The van der Waals surface area contributed by atoms with E-state index in [-0.39, 0.29) is 0 Å². The Balaban J connectivity index is 1.94. The lowest BCUT2D eigenvalue weighted by Gasteiger charge is -2.23. The predicted octanol–water partition coefficient (Wildman–Crippen LogP) is 2.78. The summed E-state index contributed by atoms with van der Waals surface area (Å²) in [6.45, 7) is 2.02. The van der Waals surface area contributed by atoms with Crippen LogP contribution in [0.1, 0.15) is 40.9 Å². The van der Waals surface area contributed by atoms with Crippen molar-refractivity contribution in [2.45, 2.75) is 31.7 Å². The molecule has 0 bridgehead atoms. The molecule has 0 saturated carbocycles. The first-order chi connectivity index (χ1) is 9.29. The maximum Gasteiger partial charge on any atom is 0.0485 e. The second kappa shape index (κ2) is 5.10. The van der Waals surface area contributed by atoms with Crippen LogP contribution in [-0.2, 0) is 6.42 Å². The number of nitrogens with one attached hydrogen (secondary N) is 1. The summed E-state index contributed by atoms with van der Waals surface area (Å²) >= 11 is 0. The summed E-state index contributed by atoms with van der Waals surface area (Å²) in [5.41, 5.74) is 4.95. The summed E-state index contributed by atoms with van der Waals surface area (Å²) in [6, 6.07) is 8.77. The molecule has 98 valence electrons. The molecule has 2 heterocycles. The van der Waals surface area contributed by atoms with Gasteiger partial charge in [-0.1, -0.05) is 12.1 Å². The third-order valence-electron chi connectivity index (χ3n) is 4.01. The third-order valence-corrected chi connectivity index (χ3v) is 4.01. The lowest BCUT2D eigenvalue weighted by molar-refractivity contribution is 0.469. The first-order valence-corrected chi connectivity index (χ1v) is 6.83. The summed E-state index contributed by atoms with van der Waals surface area (Å²) < 4.78 is 0. The molecule has 2 aromatic rings. The van der Waals surface area contributed by atoms with Crippen LogP contribution in [0.15, 0.2) is 36.7 Å². The molecule has 1 aliphatic rings. The number of hydrogen-bond donors (Lipinski definition) is 1. The number of aryl methyl sites for hydroxylation is 2. The SMILES string of the molecule is CNC(c1ccc(C)nc1)C1CCc2cccnc21. The molecule has 3 nitrogen and oxygen atoms in total. The standard InChI is InChI=1S/C16H19N3/c1-11-5-6-13(10-19-11)15(17-2)14-8-7-12-4-3-9-18-16(12)14/h3-6,9-10,14-15,17H,7-8H2,1-2H3. The minimum Gasteiger partial charge on any atom is -0.312 e. The molecule has 0 radical (unpaired) electrons. The highest BCUT2D eigenvalue weighted by molar-refractivity contribution is 5.33. The fraction of sp³-hybridized carbons (Fsp3) is 0.375. The molecule has 19 heavy (non-hydrogen) atoms. The van der Waals surface area contributed by atoms with E-state index in [2.05, 4.69) is 33.5 Å². The number of rotatable bonds is 3. The maximum absolute atomic E-state index is 4.59. The Labute approximate surface area is 114 Å². The summed E-state index contributed by atoms with van der Waals surface area (Å²) in [7, 11) is 2.02. The molecule has 1 aliphatic carbocycles. The van der Waals surface area contributed by atoms with E-state index in [1.807, 2.05) is 32.4 Å². The average Bonchev–Trinajstić information content (AvgIpc) is 2.86. The molecule has 0 amide bonds. The zero-order valence-electron chi connectivity index (χ0n) is 11.4. The van der Waals surface area contributed by atoms with Crippen LogP contribution in [0.5, 0.6) is 0 Å². The Morgan fingerprint density at radius 3 is 2.89 bits per heavy atom. The van der Waals surface area contributed by atoms with Gasteiger partial charge in [0.25, 0.3) is 0 Å². The maximum atomic E-state index is 4.59. The van der Waals surface area contributed by atoms with Gasteiger partial charge in [0.05, 0.1) is 0 Å². The minimum absolute atomic E-state index is 0.296. The normalized spacial score (nSPS) is 19.2. The second-order valence-corrected chi connectivity index (χ2v) is 5.19. The Morgan fingerprint density at radius 1 is 1.26 bits per heavy atom. The molecule has 0 fully saturated rings. The van der Waals surface area contributed by atoms with Crippen LogP contribution >= 0.6 is 0 Å². The number of aromatic nitrogens is 2. The number of likely N-dealkylation sites (N-methyl/N-ethyl adjacent to an activating group) is 1. The lowest BCUT2D eigenvalue weighted by Crippen LogP contribution is -2.23. The molecule has 2 atom stereocenters. The molecule has 2 aromatic heterocycles. The fourth-order valence-corrected chi connectivity index (χ4v) is 3.03. The van der Waals surface area contributed by atoms with Crippen LogP contribution in [0.4, 0.5) is 0 Å². The van der Waals surface area contributed by atoms with Gasteiger partial charge in [0, 0.05) is 35.7 Å². The van der Waals surface area contributed by atoms with Gasteiger partial charge in [-0.15, -0.1) is 0 Å². The highest BCUT2D eigenvalue weighted by atomic mass is 14.9. The number of pyridine rings is 2. The molecule has 3 heteroatoms. The molecule has 3 rings (SSSR count). The predicted molar refractivity (Wildman–Crippen MR) is 76.1 cm³/mol. The summed E-state index contributed by atoms with van der Waals surface area (Å²) in [5.74, 6) is 0.450.